The summed E-state index contributed by atoms with van der Waals surface area (Å²) in [5, 5.41) is 9.86. The van der Waals surface area contributed by atoms with E-state index in [0.29, 0.717) is 18.1 Å². The first-order chi connectivity index (χ1) is 10.6. The van der Waals surface area contributed by atoms with Gasteiger partial charge in [-0.15, -0.1) is 0 Å². The Morgan fingerprint density at radius 1 is 1.27 bits per heavy atom. The van der Waals surface area contributed by atoms with Crippen molar-refractivity contribution >= 4 is 17.6 Å². The molecule has 0 bridgehead atoms. The van der Waals surface area contributed by atoms with Gasteiger partial charge in [-0.3, -0.25) is 4.79 Å². The van der Waals surface area contributed by atoms with Crippen LogP contribution in [0.4, 0.5) is 0 Å². The van der Waals surface area contributed by atoms with E-state index in [4.69, 9.17) is 20.8 Å². The van der Waals surface area contributed by atoms with Crippen LogP contribution in [0.1, 0.15) is 36.2 Å². The van der Waals surface area contributed by atoms with E-state index in [2.05, 4.69) is 0 Å². The molecule has 22 heavy (non-hydrogen) atoms. The third kappa shape index (κ3) is 3.34. The van der Waals surface area contributed by atoms with Gasteiger partial charge in [0.05, 0.1) is 19.0 Å². The molecule has 0 amide bonds. The summed E-state index contributed by atoms with van der Waals surface area (Å²) in [5.41, 5.74) is 1.03. The van der Waals surface area contributed by atoms with E-state index in [1.54, 1.807) is 6.26 Å². The first-order valence-corrected chi connectivity index (χ1v) is 7.63. The van der Waals surface area contributed by atoms with Gasteiger partial charge in [0.15, 0.2) is 0 Å². The van der Waals surface area contributed by atoms with E-state index in [1.807, 2.05) is 36.4 Å². The summed E-state index contributed by atoms with van der Waals surface area (Å²) in [5.74, 6) is -0.0353. The molecule has 2 aromatic rings. The van der Waals surface area contributed by atoms with Crippen molar-refractivity contribution in [3.05, 3.63) is 59.0 Å². The number of halogens is 1. The Morgan fingerprint density at radius 3 is 2.68 bits per heavy atom. The third-order valence-electron chi connectivity index (χ3n) is 4.15. The molecule has 0 aliphatic carbocycles. The Bertz CT molecular complexity index is 621. The zero-order chi connectivity index (χ0) is 15.5. The van der Waals surface area contributed by atoms with E-state index in [-0.39, 0.29) is 24.4 Å². The first-order valence-electron chi connectivity index (χ1n) is 7.25. The lowest BCUT2D eigenvalue weighted by Gasteiger charge is -2.35. The van der Waals surface area contributed by atoms with Crippen LogP contribution in [-0.2, 0) is 9.53 Å². The number of ether oxygens (including phenoxy) is 1. The number of carboxylic acids is 1. The molecule has 2 heterocycles. The molecule has 1 aliphatic heterocycles. The number of benzene rings is 1. The van der Waals surface area contributed by atoms with E-state index in [9.17, 15) is 9.90 Å². The largest absolute Gasteiger partial charge is 0.481 e. The van der Waals surface area contributed by atoms with Gasteiger partial charge in [0.25, 0.3) is 0 Å². The predicted molar refractivity (Wildman–Crippen MR) is 82.0 cm³/mol. The van der Waals surface area contributed by atoms with Crippen LogP contribution >= 0.6 is 11.6 Å². The molecule has 3 rings (SSSR count). The molecular weight excluding hydrogens is 304 g/mol. The molecule has 3 unspecified atom stereocenters. The minimum Gasteiger partial charge on any atom is -0.481 e. The summed E-state index contributed by atoms with van der Waals surface area (Å²) in [7, 11) is 0. The van der Waals surface area contributed by atoms with Crippen molar-refractivity contribution in [2.75, 3.05) is 6.61 Å². The Hall–Kier alpha value is -1.78. The van der Waals surface area contributed by atoms with Crippen molar-refractivity contribution in [1.29, 1.82) is 0 Å². The molecule has 0 saturated carbocycles. The molecule has 116 valence electrons. The molecule has 0 radical (unpaired) electrons. The van der Waals surface area contributed by atoms with Crippen molar-refractivity contribution in [2.45, 2.75) is 24.9 Å². The molecule has 3 atom stereocenters. The predicted octanol–water partition coefficient (Wildman–Crippen LogP) is 4.27. The summed E-state index contributed by atoms with van der Waals surface area (Å²) in [6.07, 6.45) is 2.27. The highest BCUT2D eigenvalue weighted by Gasteiger charge is 2.35. The van der Waals surface area contributed by atoms with Crippen molar-refractivity contribution in [1.82, 2.24) is 0 Å². The molecule has 1 aliphatic rings. The standard InChI is InChI=1S/C17H17ClO4/c18-13-5-3-11(4-6-13)16-8-12(9-17(19)20)14(10-22-16)15-2-1-7-21-15/h1-7,12,14,16H,8-10H2,(H,19,20). The SMILES string of the molecule is O=C(O)CC1CC(c2ccc(Cl)cc2)OCC1c1ccco1. The van der Waals surface area contributed by atoms with Crippen LogP contribution in [0, 0.1) is 5.92 Å². The normalized spacial score (nSPS) is 25.0. The van der Waals surface area contributed by atoms with Crippen LogP contribution in [0.3, 0.4) is 0 Å². The smallest absolute Gasteiger partial charge is 0.303 e. The van der Waals surface area contributed by atoms with Crippen LogP contribution in [-0.4, -0.2) is 17.7 Å². The number of rotatable bonds is 4. The van der Waals surface area contributed by atoms with E-state index >= 15 is 0 Å². The Kier molecular flexibility index (Phi) is 4.50. The Morgan fingerprint density at radius 2 is 2.05 bits per heavy atom. The maximum Gasteiger partial charge on any atom is 0.303 e. The molecule has 1 saturated heterocycles. The van der Waals surface area contributed by atoms with Crippen molar-refractivity contribution < 1.29 is 19.1 Å². The summed E-state index contributed by atoms with van der Waals surface area (Å²) in [4.78, 5) is 11.2. The Labute approximate surface area is 133 Å². The van der Waals surface area contributed by atoms with Crippen LogP contribution in [0.15, 0.2) is 47.1 Å². The summed E-state index contributed by atoms with van der Waals surface area (Å²) >= 11 is 5.91. The number of aliphatic carboxylic acids is 1. The maximum absolute atomic E-state index is 11.2. The second-order valence-corrected chi connectivity index (χ2v) is 6.03. The van der Waals surface area contributed by atoms with Gasteiger partial charge in [0.2, 0.25) is 0 Å². The molecule has 0 spiro atoms. The van der Waals surface area contributed by atoms with E-state index in [1.165, 1.54) is 0 Å². The van der Waals surface area contributed by atoms with Gasteiger partial charge in [-0.25, -0.2) is 0 Å². The van der Waals surface area contributed by atoms with E-state index < -0.39 is 5.97 Å². The van der Waals surface area contributed by atoms with Crippen LogP contribution in [0.2, 0.25) is 5.02 Å². The van der Waals surface area contributed by atoms with Crippen molar-refractivity contribution in [3.63, 3.8) is 0 Å². The second-order valence-electron chi connectivity index (χ2n) is 5.59. The second kappa shape index (κ2) is 6.55. The number of hydrogen-bond acceptors (Lipinski definition) is 3. The van der Waals surface area contributed by atoms with Gasteiger partial charge in [-0.2, -0.15) is 0 Å². The highest BCUT2D eigenvalue weighted by Crippen LogP contribution is 2.41. The fourth-order valence-electron chi connectivity index (χ4n) is 3.04. The number of carboxylic acid groups (broad SMARTS) is 1. The number of hydrogen-bond donors (Lipinski definition) is 1. The first kappa shape index (κ1) is 15.1. The average molecular weight is 321 g/mol. The molecule has 1 aromatic heterocycles. The zero-order valence-corrected chi connectivity index (χ0v) is 12.7. The van der Waals surface area contributed by atoms with Gasteiger partial charge in [-0.1, -0.05) is 23.7 Å². The van der Waals surface area contributed by atoms with Crippen LogP contribution < -0.4 is 0 Å². The average Bonchev–Trinajstić information content (AvgIpc) is 3.01. The molecular formula is C17H17ClO4. The van der Waals surface area contributed by atoms with Gasteiger partial charge in [0, 0.05) is 17.4 Å². The summed E-state index contributed by atoms with van der Waals surface area (Å²) in [6, 6.07) is 11.2. The lowest BCUT2D eigenvalue weighted by Crippen LogP contribution is -2.29. The van der Waals surface area contributed by atoms with Crippen molar-refractivity contribution in [3.8, 4) is 0 Å². The summed E-state index contributed by atoms with van der Waals surface area (Å²) in [6.45, 7) is 0.457. The lowest BCUT2D eigenvalue weighted by atomic mass is 9.80. The van der Waals surface area contributed by atoms with Crippen LogP contribution in [0.25, 0.3) is 0 Å². The van der Waals surface area contributed by atoms with Crippen molar-refractivity contribution in [2.24, 2.45) is 5.92 Å². The highest BCUT2D eigenvalue weighted by atomic mass is 35.5. The Balaban J connectivity index is 1.79. The molecule has 1 aromatic carbocycles. The third-order valence-corrected chi connectivity index (χ3v) is 4.40. The minimum atomic E-state index is -0.793. The molecule has 5 heteroatoms. The zero-order valence-electron chi connectivity index (χ0n) is 11.9. The number of furan rings is 1. The molecule has 1 fully saturated rings. The summed E-state index contributed by atoms with van der Waals surface area (Å²) < 4.78 is 11.4. The molecule has 4 nitrogen and oxygen atoms in total. The van der Waals surface area contributed by atoms with Gasteiger partial charge in [-0.05, 0) is 42.2 Å². The maximum atomic E-state index is 11.2. The quantitative estimate of drug-likeness (QED) is 0.914. The van der Waals surface area contributed by atoms with Crippen LogP contribution in [0.5, 0.6) is 0 Å². The van der Waals surface area contributed by atoms with Gasteiger partial charge >= 0.3 is 5.97 Å². The monoisotopic (exact) mass is 320 g/mol. The minimum absolute atomic E-state index is 0.0157. The topological polar surface area (TPSA) is 59.7 Å². The molecule has 1 N–H and O–H groups in total. The lowest BCUT2D eigenvalue weighted by molar-refractivity contribution is -0.140. The highest BCUT2D eigenvalue weighted by molar-refractivity contribution is 6.30. The van der Waals surface area contributed by atoms with Gasteiger partial charge in [0.1, 0.15) is 5.76 Å². The van der Waals surface area contributed by atoms with E-state index in [0.717, 1.165) is 11.3 Å². The fraction of sp³-hybridized carbons (Fsp3) is 0.353. The number of carbonyl (C=O) groups is 1. The fourth-order valence-corrected chi connectivity index (χ4v) is 3.17. The van der Waals surface area contributed by atoms with Gasteiger partial charge < -0.3 is 14.3 Å².